The Balaban J connectivity index is 1.33. The lowest BCUT2D eigenvalue weighted by atomic mass is 10.0. The van der Waals surface area contributed by atoms with Gasteiger partial charge in [-0.05, 0) is 85.0 Å². The SMILES string of the molecule is Cc1csc(S(=O)(=O)Cc2cccc3c(Oc4ncccc4-c4ccnc(N[C@H]5CCCNC5)n4)c(C)ccc23)c1. The second-order valence-electron chi connectivity index (χ2n) is 10.3. The summed E-state index contributed by atoms with van der Waals surface area (Å²) >= 11 is 1.26. The van der Waals surface area contributed by atoms with E-state index in [4.69, 9.17) is 9.72 Å². The molecule has 1 atom stereocenters. The summed E-state index contributed by atoms with van der Waals surface area (Å²) in [5.41, 5.74) is 4.02. The number of piperidine rings is 1. The minimum absolute atomic E-state index is 0.0884. The van der Waals surface area contributed by atoms with E-state index in [9.17, 15) is 8.42 Å². The number of fused-ring (bicyclic) bond motifs is 1. The maximum atomic E-state index is 13.2. The number of benzene rings is 2. The Morgan fingerprint density at radius 3 is 2.76 bits per heavy atom. The third-order valence-electron chi connectivity index (χ3n) is 7.19. The van der Waals surface area contributed by atoms with E-state index in [-0.39, 0.29) is 11.8 Å². The quantitative estimate of drug-likeness (QED) is 0.219. The van der Waals surface area contributed by atoms with Crippen molar-refractivity contribution >= 4 is 37.9 Å². The van der Waals surface area contributed by atoms with Gasteiger partial charge in [0.25, 0.3) is 0 Å². The van der Waals surface area contributed by atoms with Crippen molar-refractivity contribution in [2.24, 2.45) is 0 Å². The van der Waals surface area contributed by atoms with Crippen molar-refractivity contribution in [1.29, 1.82) is 0 Å². The van der Waals surface area contributed by atoms with Gasteiger partial charge in [0, 0.05) is 30.4 Å². The monoisotopic (exact) mass is 585 g/mol. The summed E-state index contributed by atoms with van der Waals surface area (Å²) in [6, 6.07) is 17.3. The number of nitrogens with one attached hydrogen (secondary N) is 2. The first-order chi connectivity index (χ1) is 19.9. The predicted molar refractivity (Wildman–Crippen MR) is 163 cm³/mol. The summed E-state index contributed by atoms with van der Waals surface area (Å²) in [7, 11) is -3.48. The van der Waals surface area contributed by atoms with Gasteiger partial charge >= 0.3 is 0 Å². The van der Waals surface area contributed by atoms with Gasteiger partial charge in [-0.3, -0.25) is 0 Å². The summed E-state index contributed by atoms with van der Waals surface area (Å²) in [4.78, 5) is 13.8. The number of aromatic nitrogens is 3. The standard InChI is InChI=1S/C31H31N5O3S2/c1-20-16-28(40-18-20)41(37,38)19-22-6-3-8-25-24(22)11-10-21(2)29(25)39-30-26(9-5-14-33-30)27-12-15-34-31(36-27)35-23-7-4-13-32-17-23/h3,5-6,8-12,14-16,18,23,32H,4,7,13,17,19H2,1-2H3,(H,34,35,36)/t23-/m0/s1. The lowest BCUT2D eigenvalue weighted by Crippen LogP contribution is -2.38. The summed E-state index contributed by atoms with van der Waals surface area (Å²) < 4.78 is 33.3. The van der Waals surface area contributed by atoms with Crippen LogP contribution in [0.1, 0.15) is 29.5 Å². The molecule has 0 spiro atoms. The van der Waals surface area contributed by atoms with Crippen LogP contribution in [0.4, 0.5) is 5.95 Å². The highest BCUT2D eigenvalue weighted by Gasteiger charge is 2.21. The maximum Gasteiger partial charge on any atom is 0.228 e. The molecule has 1 aliphatic heterocycles. The predicted octanol–water partition coefficient (Wildman–Crippen LogP) is 6.30. The average Bonchev–Trinajstić information content (AvgIpc) is 3.43. The van der Waals surface area contributed by atoms with Crippen molar-refractivity contribution in [2.45, 2.75) is 42.7 Å². The number of rotatable bonds is 8. The number of pyridine rings is 1. The smallest absolute Gasteiger partial charge is 0.228 e. The highest BCUT2D eigenvalue weighted by Crippen LogP contribution is 2.38. The fourth-order valence-corrected chi connectivity index (χ4v) is 7.81. The third-order valence-corrected chi connectivity index (χ3v) is 10.5. The minimum Gasteiger partial charge on any atom is -0.437 e. The Morgan fingerprint density at radius 1 is 1.05 bits per heavy atom. The zero-order chi connectivity index (χ0) is 28.4. The molecule has 3 aromatic heterocycles. The van der Waals surface area contributed by atoms with Crippen LogP contribution in [0.15, 0.2) is 76.6 Å². The Kier molecular flexibility index (Phi) is 7.70. The molecule has 0 amide bonds. The van der Waals surface area contributed by atoms with Crippen molar-refractivity contribution < 1.29 is 13.2 Å². The van der Waals surface area contributed by atoms with Gasteiger partial charge in [-0.25, -0.2) is 23.4 Å². The maximum absolute atomic E-state index is 13.2. The molecule has 2 N–H and O–H groups in total. The summed E-state index contributed by atoms with van der Waals surface area (Å²) in [6.07, 6.45) is 5.61. The highest BCUT2D eigenvalue weighted by molar-refractivity contribution is 7.92. The summed E-state index contributed by atoms with van der Waals surface area (Å²) in [5.74, 6) is 1.53. The van der Waals surface area contributed by atoms with Crippen molar-refractivity contribution in [2.75, 3.05) is 18.4 Å². The van der Waals surface area contributed by atoms with Crippen LogP contribution in [-0.2, 0) is 15.6 Å². The average molecular weight is 586 g/mol. The molecule has 0 unspecified atom stereocenters. The second kappa shape index (κ2) is 11.6. The van der Waals surface area contributed by atoms with E-state index in [0.29, 0.717) is 27.5 Å². The van der Waals surface area contributed by atoms with Crippen molar-refractivity contribution in [3.05, 3.63) is 89.1 Å². The first-order valence-corrected chi connectivity index (χ1v) is 16.1. The van der Waals surface area contributed by atoms with E-state index in [0.717, 1.165) is 59.0 Å². The molecule has 8 nitrogen and oxygen atoms in total. The van der Waals surface area contributed by atoms with Gasteiger partial charge < -0.3 is 15.4 Å². The number of ether oxygens (including phenoxy) is 1. The van der Waals surface area contributed by atoms with Crippen LogP contribution in [-0.4, -0.2) is 42.5 Å². The molecule has 1 fully saturated rings. The van der Waals surface area contributed by atoms with Gasteiger partial charge in [0.1, 0.15) is 9.96 Å². The van der Waals surface area contributed by atoms with Crippen molar-refractivity contribution in [1.82, 2.24) is 20.3 Å². The number of sulfone groups is 1. The van der Waals surface area contributed by atoms with Crippen LogP contribution in [0.3, 0.4) is 0 Å². The van der Waals surface area contributed by atoms with Crippen LogP contribution in [0.2, 0.25) is 0 Å². The molecule has 0 saturated carbocycles. The van der Waals surface area contributed by atoms with Crippen LogP contribution in [0, 0.1) is 13.8 Å². The van der Waals surface area contributed by atoms with E-state index in [1.807, 2.05) is 67.8 Å². The Labute approximate surface area is 243 Å². The van der Waals surface area contributed by atoms with Crippen LogP contribution < -0.4 is 15.4 Å². The molecule has 5 aromatic rings. The number of hydrogen-bond acceptors (Lipinski definition) is 9. The molecule has 1 aliphatic rings. The largest absolute Gasteiger partial charge is 0.437 e. The lowest BCUT2D eigenvalue weighted by molar-refractivity contribution is 0.466. The Hall–Kier alpha value is -3.86. The molecule has 6 rings (SSSR count). The summed E-state index contributed by atoms with van der Waals surface area (Å²) in [5, 5.41) is 10.4. The number of anilines is 1. The van der Waals surface area contributed by atoms with Gasteiger partial charge in [-0.15, -0.1) is 11.3 Å². The van der Waals surface area contributed by atoms with Gasteiger partial charge in [0.15, 0.2) is 9.84 Å². The van der Waals surface area contributed by atoms with E-state index in [1.165, 1.54) is 11.3 Å². The number of hydrogen-bond donors (Lipinski definition) is 2. The normalized spacial score (nSPS) is 15.6. The molecular formula is C31H31N5O3S2. The molecule has 0 aliphatic carbocycles. The van der Waals surface area contributed by atoms with Crippen molar-refractivity contribution in [3.63, 3.8) is 0 Å². The highest BCUT2D eigenvalue weighted by atomic mass is 32.2. The molecule has 0 radical (unpaired) electrons. The summed E-state index contributed by atoms with van der Waals surface area (Å²) in [6.45, 7) is 5.79. The van der Waals surface area contributed by atoms with Gasteiger partial charge in [0.2, 0.25) is 11.8 Å². The first-order valence-electron chi connectivity index (χ1n) is 13.6. The van der Waals surface area contributed by atoms with E-state index in [1.54, 1.807) is 18.5 Å². The number of thiophene rings is 1. The van der Waals surface area contributed by atoms with Gasteiger partial charge in [-0.1, -0.05) is 30.3 Å². The third kappa shape index (κ3) is 5.95. The second-order valence-corrected chi connectivity index (χ2v) is 13.5. The van der Waals surface area contributed by atoms with Crippen LogP contribution >= 0.6 is 11.3 Å². The van der Waals surface area contributed by atoms with Gasteiger partial charge in [-0.2, -0.15) is 0 Å². The zero-order valence-electron chi connectivity index (χ0n) is 22.9. The van der Waals surface area contributed by atoms with E-state index in [2.05, 4.69) is 20.6 Å². The molecular weight excluding hydrogens is 555 g/mol. The van der Waals surface area contributed by atoms with E-state index < -0.39 is 9.84 Å². The van der Waals surface area contributed by atoms with Gasteiger partial charge in [0.05, 0.1) is 17.0 Å². The Morgan fingerprint density at radius 2 is 1.95 bits per heavy atom. The molecule has 1 saturated heterocycles. The zero-order valence-corrected chi connectivity index (χ0v) is 24.6. The molecule has 41 heavy (non-hydrogen) atoms. The first kappa shape index (κ1) is 27.3. The van der Waals surface area contributed by atoms with Crippen LogP contribution in [0.25, 0.3) is 22.0 Å². The molecule has 2 aromatic carbocycles. The number of nitrogens with zero attached hydrogens (tertiary/aromatic N) is 3. The fraction of sp³-hybridized carbons (Fsp3) is 0.258. The molecule has 10 heteroatoms. The van der Waals surface area contributed by atoms with Crippen molar-refractivity contribution in [3.8, 4) is 22.9 Å². The van der Waals surface area contributed by atoms with Crippen LogP contribution in [0.5, 0.6) is 11.6 Å². The Bertz CT molecular complexity index is 1810. The number of aryl methyl sites for hydroxylation is 2. The topological polar surface area (TPSA) is 106 Å². The molecule has 4 heterocycles. The van der Waals surface area contributed by atoms with E-state index >= 15 is 0 Å². The minimum atomic E-state index is -3.48. The molecule has 210 valence electrons. The lowest BCUT2D eigenvalue weighted by Gasteiger charge is -2.23. The fourth-order valence-electron chi connectivity index (χ4n) is 5.11. The molecule has 0 bridgehead atoms.